The van der Waals surface area contributed by atoms with Crippen molar-refractivity contribution in [1.82, 2.24) is 14.7 Å². The van der Waals surface area contributed by atoms with E-state index in [4.69, 9.17) is 4.74 Å². The number of piperazine rings is 1. The molecule has 2 amide bonds. The second-order valence-corrected chi connectivity index (χ2v) is 8.37. The zero-order chi connectivity index (χ0) is 17.0. The molecule has 2 aliphatic heterocycles. The topological polar surface area (TPSA) is 87.2 Å². The lowest BCUT2D eigenvalue weighted by Gasteiger charge is -2.34. The summed E-state index contributed by atoms with van der Waals surface area (Å²) in [5, 5.41) is 0. The van der Waals surface area contributed by atoms with Gasteiger partial charge in [0.2, 0.25) is 0 Å². The molecule has 132 valence electrons. The summed E-state index contributed by atoms with van der Waals surface area (Å²) in [6.45, 7) is 3.00. The third kappa shape index (κ3) is 4.65. The van der Waals surface area contributed by atoms with E-state index in [1.807, 2.05) is 7.05 Å². The average molecular weight is 347 g/mol. The summed E-state index contributed by atoms with van der Waals surface area (Å²) >= 11 is 0. The summed E-state index contributed by atoms with van der Waals surface area (Å²) in [6.07, 6.45) is 0.383. The number of hydrogen-bond acceptors (Lipinski definition) is 6. The zero-order valence-corrected chi connectivity index (χ0v) is 14.5. The minimum absolute atomic E-state index is 0.0666. The summed E-state index contributed by atoms with van der Waals surface area (Å²) in [7, 11) is 0.357. The molecule has 0 N–H and O–H groups in total. The van der Waals surface area contributed by atoms with E-state index in [0.717, 1.165) is 13.1 Å². The standard InChI is InChI=1S/C14H25N3O5S/c1-15-4-6-16(7-5-15)13(18)14(19)17(8-9-22-2)12-3-10-23(20,21)11-12/h12H,3-11H2,1-2H3. The van der Waals surface area contributed by atoms with Crippen molar-refractivity contribution >= 4 is 21.7 Å². The van der Waals surface area contributed by atoms with Crippen LogP contribution in [0.2, 0.25) is 0 Å². The van der Waals surface area contributed by atoms with Crippen molar-refractivity contribution < 1.29 is 22.7 Å². The van der Waals surface area contributed by atoms with Gasteiger partial charge in [0.25, 0.3) is 0 Å². The van der Waals surface area contributed by atoms with E-state index in [1.54, 1.807) is 4.90 Å². The molecule has 0 saturated carbocycles. The molecule has 1 atom stereocenters. The molecule has 0 aromatic heterocycles. The van der Waals surface area contributed by atoms with Crippen LogP contribution in [0.5, 0.6) is 0 Å². The van der Waals surface area contributed by atoms with Crippen LogP contribution in [0.3, 0.4) is 0 Å². The van der Waals surface area contributed by atoms with E-state index in [0.29, 0.717) is 19.5 Å². The Hall–Kier alpha value is -1.19. The summed E-state index contributed by atoms with van der Waals surface area (Å²) in [5.41, 5.74) is 0. The van der Waals surface area contributed by atoms with Gasteiger partial charge in [-0.25, -0.2) is 8.42 Å². The molecular weight excluding hydrogens is 322 g/mol. The predicted octanol–water partition coefficient (Wildman–Crippen LogP) is -1.58. The lowest BCUT2D eigenvalue weighted by molar-refractivity contribution is -0.154. The SMILES string of the molecule is COCCN(C(=O)C(=O)N1CCN(C)CC1)C1CCS(=O)(=O)C1. The molecule has 0 aliphatic carbocycles. The maximum atomic E-state index is 12.6. The molecule has 2 rings (SSSR count). The molecule has 0 radical (unpaired) electrons. The quantitative estimate of drug-likeness (QED) is 0.571. The van der Waals surface area contributed by atoms with Gasteiger partial charge in [0.15, 0.2) is 9.84 Å². The number of rotatable bonds is 4. The molecule has 0 bridgehead atoms. The third-order valence-electron chi connectivity index (χ3n) is 4.42. The van der Waals surface area contributed by atoms with Gasteiger partial charge in [-0.1, -0.05) is 0 Å². The summed E-state index contributed by atoms with van der Waals surface area (Å²) in [5.74, 6) is -1.16. The van der Waals surface area contributed by atoms with Crippen molar-refractivity contribution in [1.29, 1.82) is 0 Å². The van der Waals surface area contributed by atoms with Crippen molar-refractivity contribution in [2.45, 2.75) is 12.5 Å². The van der Waals surface area contributed by atoms with Gasteiger partial charge < -0.3 is 19.4 Å². The zero-order valence-electron chi connectivity index (χ0n) is 13.7. The van der Waals surface area contributed by atoms with E-state index in [1.165, 1.54) is 12.0 Å². The highest BCUT2D eigenvalue weighted by Gasteiger charge is 2.38. The van der Waals surface area contributed by atoms with Crippen LogP contribution in [0.4, 0.5) is 0 Å². The van der Waals surface area contributed by atoms with Crippen LogP contribution < -0.4 is 0 Å². The van der Waals surface area contributed by atoms with Crippen molar-refractivity contribution in [3.8, 4) is 0 Å². The Labute approximate surface area is 137 Å². The van der Waals surface area contributed by atoms with Crippen LogP contribution >= 0.6 is 0 Å². The first-order chi connectivity index (χ1) is 10.8. The minimum Gasteiger partial charge on any atom is -0.383 e. The number of likely N-dealkylation sites (N-methyl/N-ethyl adjacent to an activating group) is 1. The monoisotopic (exact) mass is 347 g/mol. The molecule has 0 aromatic carbocycles. The van der Waals surface area contributed by atoms with E-state index in [-0.39, 0.29) is 24.7 Å². The summed E-state index contributed by atoms with van der Waals surface area (Å²) in [4.78, 5) is 30.1. The molecular formula is C14H25N3O5S. The molecule has 2 heterocycles. The van der Waals surface area contributed by atoms with E-state index < -0.39 is 27.7 Å². The first-order valence-corrected chi connectivity index (χ1v) is 9.64. The second-order valence-electron chi connectivity index (χ2n) is 6.14. The highest BCUT2D eigenvalue weighted by Crippen LogP contribution is 2.18. The molecule has 8 nitrogen and oxygen atoms in total. The molecule has 2 fully saturated rings. The smallest absolute Gasteiger partial charge is 0.312 e. The minimum atomic E-state index is -3.12. The Morgan fingerprint density at radius 3 is 2.39 bits per heavy atom. The first-order valence-electron chi connectivity index (χ1n) is 7.82. The fourth-order valence-corrected chi connectivity index (χ4v) is 4.66. The lowest BCUT2D eigenvalue weighted by Crippen LogP contribution is -2.54. The van der Waals surface area contributed by atoms with Crippen LogP contribution in [-0.4, -0.2) is 106 Å². The lowest BCUT2D eigenvalue weighted by atomic mass is 10.2. The molecule has 1 unspecified atom stereocenters. The maximum Gasteiger partial charge on any atom is 0.312 e. The van der Waals surface area contributed by atoms with Crippen LogP contribution in [0, 0.1) is 0 Å². The Morgan fingerprint density at radius 1 is 1.22 bits per heavy atom. The Kier molecular flexibility index (Phi) is 5.99. The van der Waals surface area contributed by atoms with Gasteiger partial charge in [0, 0.05) is 45.9 Å². The average Bonchev–Trinajstić information content (AvgIpc) is 2.87. The van der Waals surface area contributed by atoms with Crippen molar-refractivity contribution in [3.05, 3.63) is 0 Å². The van der Waals surface area contributed by atoms with Gasteiger partial charge in [-0.05, 0) is 13.5 Å². The highest BCUT2D eigenvalue weighted by atomic mass is 32.2. The predicted molar refractivity (Wildman–Crippen MR) is 84.7 cm³/mol. The maximum absolute atomic E-state index is 12.6. The van der Waals surface area contributed by atoms with Gasteiger partial charge >= 0.3 is 11.8 Å². The Balaban J connectivity index is 2.05. The van der Waals surface area contributed by atoms with Crippen molar-refractivity contribution in [2.75, 3.05) is 65.0 Å². The summed E-state index contributed by atoms with van der Waals surface area (Å²) < 4.78 is 28.4. The van der Waals surface area contributed by atoms with Gasteiger partial charge in [0.1, 0.15) is 0 Å². The van der Waals surface area contributed by atoms with Crippen LogP contribution in [0.1, 0.15) is 6.42 Å². The van der Waals surface area contributed by atoms with E-state index in [9.17, 15) is 18.0 Å². The Bertz CT molecular complexity index is 543. The number of carbonyl (C=O) groups excluding carboxylic acids is 2. The third-order valence-corrected chi connectivity index (χ3v) is 6.17. The Morgan fingerprint density at radius 2 is 1.87 bits per heavy atom. The van der Waals surface area contributed by atoms with Crippen molar-refractivity contribution in [2.24, 2.45) is 0 Å². The summed E-state index contributed by atoms with van der Waals surface area (Å²) in [6, 6.07) is -0.431. The molecule has 0 spiro atoms. The number of sulfone groups is 1. The number of nitrogens with zero attached hydrogens (tertiary/aromatic N) is 3. The largest absolute Gasteiger partial charge is 0.383 e. The van der Waals surface area contributed by atoms with Crippen LogP contribution in [0.25, 0.3) is 0 Å². The number of amides is 2. The number of methoxy groups -OCH3 is 1. The van der Waals surface area contributed by atoms with Gasteiger partial charge in [0.05, 0.1) is 18.1 Å². The molecule has 9 heteroatoms. The normalized spacial score (nSPS) is 24.6. The second kappa shape index (κ2) is 7.59. The molecule has 2 aliphatic rings. The molecule has 23 heavy (non-hydrogen) atoms. The van der Waals surface area contributed by atoms with Crippen LogP contribution in [0.15, 0.2) is 0 Å². The number of ether oxygens (including phenoxy) is 1. The number of hydrogen-bond donors (Lipinski definition) is 0. The molecule has 2 saturated heterocycles. The first kappa shape index (κ1) is 18.2. The van der Waals surface area contributed by atoms with Gasteiger partial charge in [-0.2, -0.15) is 0 Å². The van der Waals surface area contributed by atoms with E-state index in [2.05, 4.69) is 4.90 Å². The molecule has 0 aromatic rings. The van der Waals surface area contributed by atoms with Crippen molar-refractivity contribution in [3.63, 3.8) is 0 Å². The number of carbonyl (C=O) groups is 2. The van der Waals surface area contributed by atoms with Crippen LogP contribution in [-0.2, 0) is 24.2 Å². The fraction of sp³-hybridized carbons (Fsp3) is 0.857. The van der Waals surface area contributed by atoms with Gasteiger partial charge in [-0.3, -0.25) is 9.59 Å². The highest BCUT2D eigenvalue weighted by molar-refractivity contribution is 7.91. The fourth-order valence-electron chi connectivity index (χ4n) is 2.93. The van der Waals surface area contributed by atoms with Gasteiger partial charge in [-0.15, -0.1) is 0 Å². The van der Waals surface area contributed by atoms with E-state index >= 15 is 0 Å².